The lowest BCUT2D eigenvalue weighted by Gasteiger charge is -2.16. The van der Waals surface area contributed by atoms with Gasteiger partial charge < -0.3 is 4.74 Å². The van der Waals surface area contributed by atoms with E-state index in [-0.39, 0.29) is 0 Å². The number of methoxy groups -OCH3 is 1. The zero-order chi connectivity index (χ0) is 8.27. The van der Waals surface area contributed by atoms with Gasteiger partial charge in [-0.3, -0.25) is 0 Å². The normalized spacial score (nSPS) is 18.3. The van der Waals surface area contributed by atoms with E-state index in [0.717, 1.165) is 18.6 Å². The fourth-order valence-corrected chi connectivity index (χ4v) is 1.39. The van der Waals surface area contributed by atoms with Crippen LogP contribution in [-0.4, -0.2) is 13.0 Å². The number of ether oxygens (including phenoxy) is 1. The van der Waals surface area contributed by atoms with Gasteiger partial charge in [0.05, 0.1) is 12.9 Å². The van der Waals surface area contributed by atoms with E-state index in [4.69, 9.17) is 16.3 Å². The summed E-state index contributed by atoms with van der Waals surface area (Å²) in [5.74, 6) is 1.71. The highest BCUT2D eigenvalue weighted by Crippen LogP contribution is 2.24. The van der Waals surface area contributed by atoms with Gasteiger partial charge in [0, 0.05) is 12.3 Å². The van der Waals surface area contributed by atoms with Gasteiger partial charge in [0.2, 0.25) is 0 Å². The predicted octanol–water partition coefficient (Wildman–Crippen LogP) is 2.87. The smallest absolute Gasteiger partial charge is 0.0988 e. The number of allylic oxidation sites excluding steroid dienone is 3. The summed E-state index contributed by atoms with van der Waals surface area (Å²) in [4.78, 5) is 0. The summed E-state index contributed by atoms with van der Waals surface area (Å²) in [7, 11) is 1.72. The van der Waals surface area contributed by atoms with Crippen molar-refractivity contribution in [3.63, 3.8) is 0 Å². The Morgan fingerprint density at radius 2 is 2.36 bits per heavy atom. The van der Waals surface area contributed by atoms with Crippen molar-refractivity contribution in [1.29, 1.82) is 0 Å². The van der Waals surface area contributed by atoms with E-state index in [1.54, 1.807) is 7.11 Å². The molecule has 0 unspecified atom stereocenters. The molecule has 0 spiro atoms. The molecular weight excluding hydrogens is 160 g/mol. The minimum Gasteiger partial charge on any atom is -0.501 e. The summed E-state index contributed by atoms with van der Waals surface area (Å²) >= 11 is 5.70. The first-order chi connectivity index (χ1) is 5.27. The molecule has 0 heterocycles. The fraction of sp³-hybridized carbons (Fsp3) is 0.556. The molecule has 0 saturated heterocycles. The monoisotopic (exact) mass is 172 g/mol. The summed E-state index contributed by atoms with van der Waals surface area (Å²) < 4.78 is 5.22. The van der Waals surface area contributed by atoms with Crippen molar-refractivity contribution >= 4 is 11.6 Å². The van der Waals surface area contributed by atoms with Gasteiger partial charge in [-0.25, -0.2) is 0 Å². The lowest BCUT2D eigenvalue weighted by atomic mass is 10.00. The van der Waals surface area contributed by atoms with Crippen molar-refractivity contribution in [2.24, 2.45) is 0 Å². The Kier molecular flexibility index (Phi) is 3.01. The van der Waals surface area contributed by atoms with E-state index in [9.17, 15) is 0 Å². The Morgan fingerprint density at radius 3 is 2.91 bits per heavy atom. The van der Waals surface area contributed by atoms with Gasteiger partial charge in [0.25, 0.3) is 0 Å². The highest BCUT2D eigenvalue weighted by molar-refractivity contribution is 6.19. The van der Waals surface area contributed by atoms with E-state index < -0.39 is 0 Å². The molecule has 1 nitrogen and oxygen atoms in total. The van der Waals surface area contributed by atoms with Gasteiger partial charge >= 0.3 is 0 Å². The summed E-state index contributed by atoms with van der Waals surface area (Å²) in [5, 5.41) is 0. The Bertz CT molecular complexity index is 204. The topological polar surface area (TPSA) is 9.23 Å². The largest absolute Gasteiger partial charge is 0.501 e. The van der Waals surface area contributed by atoms with Crippen molar-refractivity contribution in [2.75, 3.05) is 13.0 Å². The lowest BCUT2D eigenvalue weighted by Crippen LogP contribution is -2.00. The van der Waals surface area contributed by atoms with Crippen LogP contribution in [0.1, 0.15) is 19.8 Å². The Balaban J connectivity index is 2.65. The van der Waals surface area contributed by atoms with Crippen LogP contribution in [0.5, 0.6) is 0 Å². The second-order valence-corrected chi connectivity index (χ2v) is 3.05. The van der Waals surface area contributed by atoms with E-state index in [1.807, 2.05) is 0 Å². The highest BCUT2D eigenvalue weighted by atomic mass is 35.5. The number of hydrogen-bond acceptors (Lipinski definition) is 1. The first kappa shape index (κ1) is 8.66. The van der Waals surface area contributed by atoms with Crippen LogP contribution < -0.4 is 0 Å². The predicted molar refractivity (Wildman–Crippen MR) is 47.7 cm³/mol. The van der Waals surface area contributed by atoms with Gasteiger partial charge in [0.15, 0.2) is 0 Å². The first-order valence-electron chi connectivity index (χ1n) is 3.74. The van der Waals surface area contributed by atoms with Crippen molar-refractivity contribution in [2.45, 2.75) is 19.8 Å². The molecule has 1 aliphatic rings. The molecule has 0 N–H and O–H groups in total. The van der Waals surface area contributed by atoms with Gasteiger partial charge in [0.1, 0.15) is 0 Å². The fourth-order valence-electron chi connectivity index (χ4n) is 1.19. The van der Waals surface area contributed by atoms with Crippen molar-refractivity contribution in [1.82, 2.24) is 0 Å². The van der Waals surface area contributed by atoms with Crippen LogP contribution >= 0.6 is 11.6 Å². The SMILES string of the molecule is COC1=C(C)CC=C(CCl)C1. The highest BCUT2D eigenvalue weighted by Gasteiger charge is 2.10. The zero-order valence-corrected chi connectivity index (χ0v) is 7.74. The Morgan fingerprint density at radius 1 is 1.64 bits per heavy atom. The molecule has 0 saturated carbocycles. The Hall–Kier alpha value is -0.430. The third kappa shape index (κ3) is 2.00. The number of rotatable bonds is 2. The van der Waals surface area contributed by atoms with Gasteiger partial charge in [-0.05, 0) is 18.9 Å². The van der Waals surface area contributed by atoms with Gasteiger partial charge in [-0.15, -0.1) is 11.6 Å². The van der Waals surface area contributed by atoms with Crippen molar-refractivity contribution in [3.8, 4) is 0 Å². The van der Waals surface area contributed by atoms with Crippen molar-refractivity contribution in [3.05, 3.63) is 23.0 Å². The third-order valence-corrected chi connectivity index (χ3v) is 2.32. The third-order valence-electron chi connectivity index (χ3n) is 1.98. The second-order valence-electron chi connectivity index (χ2n) is 2.78. The molecular formula is C9H13ClO. The number of alkyl halides is 1. The van der Waals surface area contributed by atoms with Crippen LogP contribution in [0.15, 0.2) is 23.0 Å². The average molecular weight is 173 g/mol. The van der Waals surface area contributed by atoms with Crippen LogP contribution in [0.3, 0.4) is 0 Å². The quantitative estimate of drug-likeness (QED) is 0.460. The summed E-state index contributed by atoms with van der Waals surface area (Å²) in [6.07, 6.45) is 4.07. The molecule has 1 aliphatic carbocycles. The second kappa shape index (κ2) is 3.82. The van der Waals surface area contributed by atoms with E-state index in [0.29, 0.717) is 5.88 Å². The standard InChI is InChI=1S/C9H13ClO/c1-7-3-4-8(6-10)5-9(7)11-2/h4H,3,5-6H2,1-2H3. The molecule has 0 radical (unpaired) electrons. The molecule has 0 aliphatic heterocycles. The maximum atomic E-state index is 5.70. The number of hydrogen-bond donors (Lipinski definition) is 0. The van der Waals surface area contributed by atoms with Crippen LogP contribution in [-0.2, 0) is 4.74 Å². The molecule has 0 aromatic rings. The molecule has 0 fully saturated rings. The molecule has 0 aromatic carbocycles. The minimum absolute atomic E-state index is 0.625. The molecule has 62 valence electrons. The van der Waals surface area contributed by atoms with Crippen LogP contribution in [0, 0.1) is 0 Å². The van der Waals surface area contributed by atoms with Crippen LogP contribution in [0.25, 0.3) is 0 Å². The zero-order valence-electron chi connectivity index (χ0n) is 6.98. The molecule has 2 heteroatoms. The van der Waals surface area contributed by atoms with E-state index in [2.05, 4.69) is 13.0 Å². The average Bonchev–Trinajstić information content (AvgIpc) is 2.05. The molecule has 0 atom stereocenters. The summed E-state index contributed by atoms with van der Waals surface area (Å²) in [6, 6.07) is 0. The van der Waals surface area contributed by atoms with Crippen LogP contribution in [0.2, 0.25) is 0 Å². The van der Waals surface area contributed by atoms with E-state index in [1.165, 1.54) is 11.1 Å². The maximum absolute atomic E-state index is 5.70. The molecule has 1 rings (SSSR count). The summed E-state index contributed by atoms with van der Waals surface area (Å²) in [5.41, 5.74) is 2.59. The summed E-state index contributed by atoms with van der Waals surface area (Å²) in [6.45, 7) is 2.10. The minimum atomic E-state index is 0.625. The van der Waals surface area contributed by atoms with Gasteiger partial charge in [-0.2, -0.15) is 0 Å². The lowest BCUT2D eigenvalue weighted by molar-refractivity contribution is 0.276. The van der Waals surface area contributed by atoms with E-state index >= 15 is 0 Å². The van der Waals surface area contributed by atoms with Crippen LogP contribution in [0.4, 0.5) is 0 Å². The molecule has 11 heavy (non-hydrogen) atoms. The Labute approximate surface area is 72.7 Å². The first-order valence-corrected chi connectivity index (χ1v) is 4.28. The van der Waals surface area contributed by atoms with Crippen molar-refractivity contribution < 1.29 is 4.74 Å². The van der Waals surface area contributed by atoms with Gasteiger partial charge in [-0.1, -0.05) is 11.6 Å². The molecule has 0 bridgehead atoms. The molecule has 0 amide bonds. The number of halogens is 1. The molecule has 0 aromatic heterocycles. The maximum Gasteiger partial charge on any atom is 0.0988 e.